The summed E-state index contributed by atoms with van der Waals surface area (Å²) in [6.45, 7) is 4.57. The first-order valence-electron chi connectivity index (χ1n) is 5.18. The van der Waals surface area contributed by atoms with Gasteiger partial charge in [-0.15, -0.1) is 0 Å². The summed E-state index contributed by atoms with van der Waals surface area (Å²) in [5, 5.41) is 11.7. The first-order chi connectivity index (χ1) is 6.65. The SMILES string of the molecule is CC(CO)C(C)NC(=O)C1CCCO1. The molecule has 0 radical (unpaired) electrons. The summed E-state index contributed by atoms with van der Waals surface area (Å²) in [7, 11) is 0. The van der Waals surface area contributed by atoms with Gasteiger partial charge in [-0.25, -0.2) is 0 Å². The van der Waals surface area contributed by atoms with Gasteiger partial charge in [0.15, 0.2) is 0 Å². The molecule has 3 atom stereocenters. The third-order valence-corrected chi connectivity index (χ3v) is 2.73. The van der Waals surface area contributed by atoms with Gasteiger partial charge in [0.1, 0.15) is 6.10 Å². The molecule has 1 rings (SSSR count). The van der Waals surface area contributed by atoms with Crippen molar-refractivity contribution in [1.29, 1.82) is 0 Å². The van der Waals surface area contributed by atoms with Crippen LogP contribution < -0.4 is 5.32 Å². The Morgan fingerprint density at radius 3 is 2.86 bits per heavy atom. The lowest BCUT2D eigenvalue weighted by atomic mass is 10.0. The molecule has 1 amide bonds. The lowest BCUT2D eigenvalue weighted by Gasteiger charge is -2.21. The van der Waals surface area contributed by atoms with Gasteiger partial charge in [-0.3, -0.25) is 4.79 Å². The fraction of sp³-hybridized carbons (Fsp3) is 0.900. The molecule has 4 heteroatoms. The van der Waals surface area contributed by atoms with Gasteiger partial charge >= 0.3 is 0 Å². The standard InChI is InChI=1S/C10H19NO3/c1-7(6-12)8(2)11-10(13)9-4-3-5-14-9/h7-9,12H,3-6H2,1-2H3,(H,11,13). The Labute approximate surface area is 84.6 Å². The zero-order valence-electron chi connectivity index (χ0n) is 8.82. The smallest absolute Gasteiger partial charge is 0.249 e. The molecule has 4 nitrogen and oxygen atoms in total. The van der Waals surface area contributed by atoms with E-state index in [9.17, 15) is 4.79 Å². The van der Waals surface area contributed by atoms with Crippen molar-refractivity contribution < 1.29 is 14.6 Å². The second-order valence-corrected chi connectivity index (χ2v) is 3.96. The van der Waals surface area contributed by atoms with Crippen LogP contribution >= 0.6 is 0 Å². The van der Waals surface area contributed by atoms with Gasteiger partial charge in [0.2, 0.25) is 5.91 Å². The molecule has 1 fully saturated rings. The average Bonchev–Trinajstić information content (AvgIpc) is 2.69. The number of amides is 1. The van der Waals surface area contributed by atoms with Crippen molar-refractivity contribution in [1.82, 2.24) is 5.32 Å². The number of rotatable bonds is 4. The first kappa shape index (κ1) is 11.5. The number of ether oxygens (including phenoxy) is 1. The number of aliphatic hydroxyl groups excluding tert-OH is 1. The fourth-order valence-electron chi connectivity index (χ4n) is 1.40. The van der Waals surface area contributed by atoms with E-state index in [-0.39, 0.29) is 30.6 Å². The van der Waals surface area contributed by atoms with Crippen molar-refractivity contribution in [3.63, 3.8) is 0 Å². The molecule has 1 aliphatic heterocycles. The maximum absolute atomic E-state index is 11.6. The number of aliphatic hydroxyl groups is 1. The number of hydrogen-bond acceptors (Lipinski definition) is 3. The monoisotopic (exact) mass is 201 g/mol. The highest BCUT2D eigenvalue weighted by atomic mass is 16.5. The van der Waals surface area contributed by atoms with Crippen molar-refractivity contribution in [2.45, 2.75) is 38.8 Å². The largest absolute Gasteiger partial charge is 0.396 e. The third-order valence-electron chi connectivity index (χ3n) is 2.73. The summed E-state index contributed by atoms with van der Waals surface area (Å²) < 4.78 is 5.25. The number of hydrogen-bond donors (Lipinski definition) is 2. The summed E-state index contributed by atoms with van der Waals surface area (Å²) in [5.74, 6) is 0.0376. The van der Waals surface area contributed by atoms with Gasteiger partial charge in [-0.2, -0.15) is 0 Å². The molecule has 0 bridgehead atoms. The van der Waals surface area contributed by atoms with Crippen LogP contribution in [0.1, 0.15) is 26.7 Å². The molecular weight excluding hydrogens is 182 g/mol. The van der Waals surface area contributed by atoms with Crippen LogP contribution in [0.3, 0.4) is 0 Å². The number of nitrogens with one attached hydrogen (secondary N) is 1. The summed E-state index contributed by atoms with van der Waals surface area (Å²) in [6, 6.07) is -0.00306. The van der Waals surface area contributed by atoms with Gasteiger partial charge in [-0.05, 0) is 25.7 Å². The lowest BCUT2D eigenvalue weighted by Crippen LogP contribution is -2.43. The molecule has 0 aromatic carbocycles. The fourth-order valence-corrected chi connectivity index (χ4v) is 1.40. The van der Waals surface area contributed by atoms with Crippen molar-refractivity contribution in [2.24, 2.45) is 5.92 Å². The van der Waals surface area contributed by atoms with Gasteiger partial charge in [-0.1, -0.05) is 6.92 Å². The Bertz CT molecular complexity index is 190. The van der Waals surface area contributed by atoms with Crippen LogP contribution in [0.5, 0.6) is 0 Å². The van der Waals surface area contributed by atoms with E-state index in [1.165, 1.54) is 0 Å². The van der Waals surface area contributed by atoms with Crippen molar-refractivity contribution in [3.05, 3.63) is 0 Å². The predicted octanol–water partition coefficient (Wildman–Crippen LogP) is 0.298. The second-order valence-electron chi connectivity index (χ2n) is 3.96. The van der Waals surface area contributed by atoms with E-state index in [2.05, 4.69) is 5.32 Å². The zero-order chi connectivity index (χ0) is 10.6. The van der Waals surface area contributed by atoms with Crippen LogP contribution in [0.4, 0.5) is 0 Å². The average molecular weight is 201 g/mol. The maximum atomic E-state index is 11.6. The number of carbonyl (C=O) groups excluding carboxylic acids is 1. The van der Waals surface area contributed by atoms with Crippen LogP contribution in [0, 0.1) is 5.92 Å². The molecule has 1 heterocycles. The molecule has 0 saturated carbocycles. The molecule has 0 aliphatic carbocycles. The van der Waals surface area contributed by atoms with Crippen molar-refractivity contribution in [3.8, 4) is 0 Å². The topological polar surface area (TPSA) is 58.6 Å². The normalized spacial score (nSPS) is 25.8. The number of carbonyl (C=O) groups is 1. The molecule has 0 aromatic heterocycles. The molecule has 14 heavy (non-hydrogen) atoms. The molecule has 0 spiro atoms. The quantitative estimate of drug-likeness (QED) is 0.687. The van der Waals surface area contributed by atoms with Crippen LogP contribution in [0.15, 0.2) is 0 Å². The second kappa shape index (κ2) is 5.32. The predicted molar refractivity (Wildman–Crippen MR) is 52.8 cm³/mol. The van der Waals surface area contributed by atoms with Gasteiger partial charge in [0.25, 0.3) is 0 Å². The maximum Gasteiger partial charge on any atom is 0.249 e. The molecule has 82 valence electrons. The summed E-state index contributed by atoms with van der Waals surface area (Å²) in [4.78, 5) is 11.6. The summed E-state index contributed by atoms with van der Waals surface area (Å²) in [5.41, 5.74) is 0. The van der Waals surface area contributed by atoms with E-state index in [1.54, 1.807) is 0 Å². The van der Waals surface area contributed by atoms with Crippen molar-refractivity contribution >= 4 is 5.91 Å². The van der Waals surface area contributed by atoms with Crippen LogP contribution in [-0.4, -0.2) is 36.4 Å². The van der Waals surface area contributed by atoms with E-state index in [0.717, 1.165) is 12.8 Å². The summed E-state index contributed by atoms with van der Waals surface area (Å²) >= 11 is 0. The van der Waals surface area contributed by atoms with E-state index in [1.807, 2.05) is 13.8 Å². The van der Waals surface area contributed by atoms with Gasteiger partial charge in [0.05, 0.1) is 0 Å². The van der Waals surface area contributed by atoms with Gasteiger partial charge < -0.3 is 15.2 Å². The van der Waals surface area contributed by atoms with Crippen LogP contribution in [0.25, 0.3) is 0 Å². The third kappa shape index (κ3) is 2.96. The van der Waals surface area contributed by atoms with Crippen molar-refractivity contribution in [2.75, 3.05) is 13.2 Å². The first-order valence-corrected chi connectivity index (χ1v) is 5.18. The Balaban J connectivity index is 2.31. The minimum absolute atomic E-state index is 0.00306. The highest BCUT2D eigenvalue weighted by Crippen LogP contribution is 2.12. The van der Waals surface area contributed by atoms with E-state index < -0.39 is 0 Å². The van der Waals surface area contributed by atoms with E-state index >= 15 is 0 Å². The highest BCUT2D eigenvalue weighted by Gasteiger charge is 2.25. The van der Waals surface area contributed by atoms with E-state index in [4.69, 9.17) is 9.84 Å². The van der Waals surface area contributed by atoms with Crippen LogP contribution in [0.2, 0.25) is 0 Å². The Morgan fingerprint density at radius 2 is 2.36 bits per heavy atom. The minimum Gasteiger partial charge on any atom is -0.396 e. The minimum atomic E-state index is -0.275. The molecule has 1 aliphatic rings. The Kier molecular flexibility index (Phi) is 4.35. The highest BCUT2D eigenvalue weighted by molar-refractivity contribution is 5.81. The van der Waals surface area contributed by atoms with Gasteiger partial charge in [0, 0.05) is 19.3 Å². The summed E-state index contributed by atoms with van der Waals surface area (Å²) in [6.07, 6.45) is 1.50. The lowest BCUT2D eigenvalue weighted by molar-refractivity contribution is -0.131. The zero-order valence-corrected chi connectivity index (χ0v) is 8.82. The molecule has 2 N–H and O–H groups in total. The molecule has 0 aromatic rings. The molecule has 1 saturated heterocycles. The van der Waals surface area contributed by atoms with Crippen LogP contribution in [-0.2, 0) is 9.53 Å². The van der Waals surface area contributed by atoms with E-state index in [0.29, 0.717) is 6.61 Å². The Morgan fingerprint density at radius 1 is 1.64 bits per heavy atom. The molecular formula is C10H19NO3. The Hall–Kier alpha value is -0.610. The molecule has 3 unspecified atom stereocenters.